The minimum absolute atomic E-state index is 0.0359. The number of aromatic nitrogens is 3. The Morgan fingerprint density at radius 1 is 1.03 bits per heavy atom. The SMILES string of the molecule is Cc1ccccc1-c1nc(OC(C)C)nn1-c1ccc(NC(=O)c2cccc(Br)c2)cc1. The van der Waals surface area contributed by atoms with E-state index in [0.717, 1.165) is 21.3 Å². The number of benzene rings is 3. The number of ether oxygens (including phenoxy) is 1. The molecule has 1 aromatic heterocycles. The Balaban J connectivity index is 1.64. The second-order valence-corrected chi connectivity index (χ2v) is 8.54. The molecule has 0 fully saturated rings. The summed E-state index contributed by atoms with van der Waals surface area (Å²) in [6.07, 6.45) is -0.0359. The number of nitrogens with one attached hydrogen (secondary N) is 1. The molecule has 32 heavy (non-hydrogen) atoms. The van der Waals surface area contributed by atoms with Gasteiger partial charge in [0, 0.05) is 21.3 Å². The van der Waals surface area contributed by atoms with Crippen LogP contribution in [0, 0.1) is 6.92 Å². The maximum absolute atomic E-state index is 12.5. The minimum Gasteiger partial charge on any atom is -0.460 e. The van der Waals surface area contributed by atoms with E-state index in [0.29, 0.717) is 23.1 Å². The van der Waals surface area contributed by atoms with Gasteiger partial charge < -0.3 is 10.1 Å². The number of hydrogen-bond acceptors (Lipinski definition) is 4. The summed E-state index contributed by atoms with van der Waals surface area (Å²) in [7, 11) is 0. The Hall–Kier alpha value is -3.45. The smallest absolute Gasteiger partial charge is 0.336 e. The number of rotatable bonds is 6. The molecule has 0 saturated heterocycles. The maximum Gasteiger partial charge on any atom is 0.336 e. The van der Waals surface area contributed by atoms with Crippen molar-refractivity contribution in [2.45, 2.75) is 26.9 Å². The summed E-state index contributed by atoms with van der Waals surface area (Å²) in [5.41, 5.74) is 4.16. The quantitative estimate of drug-likeness (QED) is 0.357. The molecular weight excluding hydrogens is 468 g/mol. The van der Waals surface area contributed by atoms with Crippen LogP contribution in [0.2, 0.25) is 0 Å². The zero-order chi connectivity index (χ0) is 22.7. The lowest BCUT2D eigenvalue weighted by molar-refractivity contribution is 0.102. The fourth-order valence-corrected chi connectivity index (χ4v) is 3.65. The fraction of sp³-hybridized carbons (Fsp3) is 0.160. The van der Waals surface area contributed by atoms with Crippen LogP contribution in [0.1, 0.15) is 29.8 Å². The molecule has 162 valence electrons. The third kappa shape index (κ3) is 4.89. The zero-order valence-electron chi connectivity index (χ0n) is 18.0. The molecule has 3 aromatic carbocycles. The van der Waals surface area contributed by atoms with Crippen molar-refractivity contribution >= 4 is 27.5 Å². The van der Waals surface area contributed by atoms with Crippen LogP contribution in [0.5, 0.6) is 6.01 Å². The zero-order valence-corrected chi connectivity index (χ0v) is 19.6. The number of carbonyl (C=O) groups is 1. The average molecular weight is 491 g/mol. The number of nitrogens with zero attached hydrogens (tertiary/aromatic N) is 3. The summed E-state index contributed by atoms with van der Waals surface area (Å²) < 4.78 is 8.37. The molecule has 0 aliphatic rings. The van der Waals surface area contributed by atoms with Crippen LogP contribution >= 0.6 is 15.9 Å². The van der Waals surface area contributed by atoms with Crippen LogP contribution in [0.15, 0.2) is 77.3 Å². The molecule has 0 radical (unpaired) electrons. The lowest BCUT2D eigenvalue weighted by atomic mass is 10.1. The summed E-state index contributed by atoms with van der Waals surface area (Å²) in [6, 6.07) is 23.1. The fourth-order valence-electron chi connectivity index (χ4n) is 3.25. The third-order valence-electron chi connectivity index (χ3n) is 4.77. The van der Waals surface area contributed by atoms with Crippen molar-refractivity contribution in [1.82, 2.24) is 14.8 Å². The van der Waals surface area contributed by atoms with Gasteiger partial charge in [0.2, 0.25) is 0 Å². The Kier molecular flexibility index (Phi) is 6.37. The third-order valence-corrected chi connectivity index (χ3v) is 5.26. The van der Waals surface area contributed by atoms with Gasteiger partial charge in [0.15, 0.2) is 5.82 Å². The first kappa shape index (κ1) is 21.8. The van der Waals surface area contributed by atoms with E-state index in [9.17, 15) is 4.79 Å². The molecular formula is C25H23BrN4O2. The van der Waals surface area contributed by atoms with E-state index in [2.05, 4.69) is 31.3 Å². The molecule has 0 aliphatic heterocycles. The second kappa shape index (κ2) is 9.36. The standard InChI is InChI=1S/C25H23BrN4O2/c1-16(2)32-25-28-23(22-10-5-4-7-17(22)3)30(29-25)21-13-11-20(12-14-21)27-24(31)18-8-6-9-19(26)15-18/h4-16H,1-3H3,(H,27,31). The number of anilines is 1. The van der Waals surface area contributed by atoms with E-state index < -0.39 is 0 Å². The van der Waals surface area contributed by atoms with Crippen molar-refractivity contribution < 1.29 is 9.53 Å². The molecule has 1 heterocycles. The highest BCUT2D eigenvalue weighted by Gasteiger charge is 2.17. The van der Waals surface area contributed by atoms with Gasteiger partial charge in [-0.2, -0.15) is 4.98 Å². The van der Waals surface area contributed by atoms with E-state index in [4.69, 9.17) is 4.74 Å². The molecule has 0 spiro atoms. The number of amides is 1. The second-order valence-electron chi connectivity index (χ2n) is 7.62. The van der Waals surface area contributed by atoms with Gasteiger partial charge in [-0.25, -0.2) is 4.68 Å². The summed E-state index contributed by atoms with van der Waals surface area (Å²) in [5, 5.41) is 7.50. The molecule has 4 aromatic rings. The number of aryl methyl sites for hydroxylation is 1. The van der Waals surface area contributed by atoms with Crippen LogP contribution in [-0.2, 0) is 0 Å². The van der Waals surface area contributed by atoms with Crippen LogP contribution in [0.3, 0.4) is 0 Å². The van der Waals surface area contributed by atoms with Gasteiger partial charge in [-0.15, -0.1) is 5.10 Å². The van der Waals surface area contributed by atoms with Gasteiger partial charge in [-0.1, -0.05) is 46.3 Å². The Bertz CT molecular complexity index is 1250. The van der Waals surface area contributed by atoms with Crippen LogP contribution < -0.4 is 10.1 Å². The van der Waals surface area contributed by atoms with Crippen LogP contribution in [0.4, 0.5) is 5.69 Å². The lowest BCUT2D eigenvalue weighted by Crippen LogP contribution is -2.12. The monoisotopic (exact) mass is 490 g/mol. The molecule has 6 nitrogen and oxygen atoms in total. The predicted molar refractivity (Wildman–Crippen MR) is 129 cm³/mol. The van der Waals surface area contributed by atoms with Gasteiger partial charge >= 0.3 is 6.01 Å². The average Bonchev–Trinajstić information content (AvgIpc) is 3.17. The highest BCUT2D eigenvalue weighted by Crippen LogP contribution is 2.27. The van der Waals surface area contributed by atoms with E-state index in [1.165, 1.54) is 0 Å². The summed E-state index contributed by atoms with van der Waals surface area (Å²) in [6.45, 7) is 5.92. The first-order chi connectivity index (χ1) is 15.4. The normalized spacial score (nSPS) is 10.9. The number of carbonyl (C=O) groups excluding carboxylic acids is 1. The van der Waals surface area contributed by atoms with Gasteiger partial charge in [0.25, 0.3) is 5.91 Å². The Labute approximate surface area is 195 Å². The highest BCUT2D eigenvalue weighted by atomic mass is 79.9. The van der Waals surface area contributed by atoms with Gasteiger partial charge in [0.1, 0.15) is 0 Å². The molecule has 0 aliphatic carbocycles. The van der Waals surface area contributed by atoms with Crippen molar-refractivity contribution in [2.75, 3.05) is 5.32 Å². The minimum atomic E-state index is -0.173. The Morgan fingerprint density at radius 2 is 1.78 bits per heavy atom. The van der Waals surface area contributed by atoms with Crippen LogP contribution in [0.25, 0.3) is 17.1 Å². The summed E-state index contributed by atoms with van der Waals surface area (Å²) in [4.78, 5) is 17.2. The molecule has 1 amide bonds. The van der Waals surface area contributed by atoms with Crippen molar-refractivity contribution in [3.8, 4) is 23.1 Å². The molecule has 0 saturated carbocycles. The molecule has 4 rings (SSSR count). The maximum atomic E-state index is 12.5. The van der Waals surface area contributed by atoms with E-state index >= 15 is 0 Å². The first-order valence-electron chi connectivity index (χ1n) is 10.3. The first-order valence-corrected chi connectivity index (χ1v) is 11.1. The summed E-state index contributed by atoms with van der Waals surface area (Å²) >= 11 is 3.39. The summed E-state index contributed by atoms with van der Waals surface area (Å²) in [5.74, 6) is 0.526. The van der Waals surface area contributed by atoms with Crippen LogP contribution in [-0.4, -0.2) is 26.8 Å². The van der Waals surface area contributed by atoms with E-state index in [-0.39, 0.29) is 12.0 Å². The molecule has 7 heteroatoms. The van der Waals surface area contributed by atoms with Crippen molar-refractivity contribution in [3.63, 3.8) is 0 Å². The number of hydrogen-bond donors (Lipinski definition) is 1. The topological polar surface area (TPSA) is 69.0 Å². The van der Waals surface area contributed by atoms with Crippen molar-refractivity contribution in [3.05, 3.63) is 88.4 Å². The highest BCUT2D eigenvalue weighted by molar-refractivity contribution is 9.10. The molecule has 1 N–H and O–H groups in total. The Morgan fingerprint density at radius 3 is 2.47 bits per heavy atom. The molecule has 0 bridgehead atoms. The number of halogens is 1. The lowest BCUT2D eigenvalue weighted by Gasteiger charge is -2.10. The predicted octanol–water partition coefficient (Wildman–Crippen LogP) is 6.04. The van der Waals surface area contributed by atoms with Crippen molar-refractivity contribution in [1.29, 1.82) is 0 Å². The van der Waals surface area contributed by atoms with Gasteiger partial charge in [-0.05, 0) is 68.8 Å². The molecule has 0 atom stereocenters. The largest absolute Gasteiger partial charge is 0.460 e. The van der Waals surface area contributed by atoms with E-state index in [1.54, 1.807) is 16.8 Å². The molecule has 0 unspecified atom stereocenters. The van der Waals surface area contributed by atoms with Gasteiger partial charge in [0.05, 0.1) is 11.8 Å². The van der Waals surface area contributed by atoms with Crippen molar-refractivity contribution in [2.24, 2.45) is 0 Å². The van der Waals surface area contributed by atoms with E-state index in [1.807, 2.05) is 81.4 Å². The van der Waals surface area contributed by atoms with Gasteiger partial charge in [-0.3, -0.25) is 4.79 Å².